The van der Waals surface area contributed by atoms with E-state index in [0.29, 0.717) is 6.04 Å². The molecule has 3 heteroatoms. The number of unbranched alkanes of at least 4 members (excludes halogenated alkanes) is 4. The molecule has 15 heavy (non-hydrogen) atoms. The number of aliphatic hydroxyl groups is 1. The summed E-state index contributed by atoms with van der Waals surface area (Å²) < 4.78 is 0. The molecule has 0 fully saturated rings. The predicted octanol–water partition coefficient (Wildman–Crippen LogP) is 2.05. The van der Waals surface area contributed by atoms with Crippen molar-refractivity contribution in [2.75, 3.05) is 19.7 Å². The highest BCUT2D eigenvalue weighted by molar-refractivity contribution is 5.57. The highest BCUT2D eigenvalue weighted by Crippen LogP contribution is 2.12. The van der Waals surface area contributed by atoms with Gasteiger partial charge in [-0.05, 0) is 6.42 Å². The lowest BCUT2D eigenvalue weighted by molar-refractivity contribution is 0.180. The quantitative estimate of drug-likeness (QED) is 0.625. The Morgan fingerprint density at radius 1 is 1.33 bits per heavy atom. The molecule has 0 aromatic rings. The lowest BCUT2D eigenvalue weighted by Gasteiger charge is -2.24. The van der Waals surface area contributed by atoms with Crippen LogP contribution in [0, 0.1) is 0 Å². The molecule has 88 valence electrons. The molecule has 0 amide bonds. The van der Waals surface area contributed by atoms with Gasteiger partial charge in [0.25, 0.3) is 0 Å². The maximum Gasteiger partial charge on any atom is 0.0854 e. The molecule has 0 radical (unpaired) electrons. The first-order chi connectivity index (χ1) is 7.38. The SMILES string of the molecule is CCCCCCCC(CO)N1C=NCC1. The first kappa shape index (κ1) is 12.5. The zero-order chi connectivity index (χ0) is 10.9. The molecule has 0 aromatic heterocycles. The summed E-state index contributed by atoms with van der Waals surface area (Å²) in [7, 11) is 0. The summed E-state index contributed by atoms with van der Waals surface area (Å²) in [6.07, 6.45) is 9.50. The number of hydrogen-bond acceptors (Lipinski definition) is 3. The average Bonchev–Trinajstić information content (AvgIpc) is 2.77. The van der Waals surface area contributed by atoms with Crippen molar-refractivity contribution in [3.05, 3.63) is 0 Å². The molecule has 1 N–H and O–H groups in total. The van der Waals surface area contributed by atoms with Gasteiger partial charge >= 0.3 is 0 Å². The second-order valence-electron chi connectivity index (χ2n) is 4.30. The van der Waals surface area contributed by atoms with E-state index in [0.717, 1.165) is 19.5 Å². The van der Waals surface area contributed by atoms with E-state index in [1.54, 1.807) is 0 Å². The van der Waals surface area contributed by atoms with E-state index >= 15 is 0 Å². The summed E-state index contributed by atoms with van der Waals surface area (Å²) in [5, 5.41) is 9.29. The Balaban J connectivity index is 2.08. The van der Waals surface area contributed by atoms with Crippen LogP contribution in [0.5, 0.6) is 0 Å². The molecule has 1 aliphatic rings. The third kappa shape index (κ3) is 4.65. The molecule has 0 bridgehead atoms. The van der Waals surface area contributed by atoms with Gasteiger partial charge in [0, 0.05) is 6.54 Å². The van der Waals surface area contributed by atoms with Crippen molar-refractivity contribution in [3.8, 4) is 0 Å². The molecule has 3 nitrogen and oxygen atoms in total. The van der Waals surface area contributed by atoms with Crippen LogP contribution < -0.4 is 0 Å². The van der Waals surface area contributed by atoms with Crippen LogP contribution in [-0.4, -0.2) is 42.1 Å². The van der Waals surface area contributed by atoms with Gasteiger partial charge in [-0.25, -0.2) is 0 Å². The molecule has 0 saturated heterocycles. The van der Waals surface area contributed by atoms with E-state index in [2.05, 4.69) is 16.8 Å². The molecular weight excluding hydrogens is 188 g/mol. The highest BCUT2D eigenvalue weighted by atomic mass is 16.3. The molecule has 0 aliphatic carbocycles. The summed E-state index contributed by atoms with van der Waals surface area (Å²) >= 11 is 0. The molecule has 1 rings (SSSR count). The lowest BCUT2D eigenvalue weighted by atomic mass is 10.1. The molecular formula is C12H24N2O. The fraction of sp³-hybridized carbons (Fsp3) is 0.917. The molecule has 0 spiro atoms. The van der Waals surface area contributed by atoms with Crippen LogP contribution in [0.3, 0.4) is 0 Å². The summed E-state index contributed by atoms with van der Waals surface area (Å²) in [4.78, 5) is 6.36. The van der Waals surface area contributed by atoms with E-state index in [4.69, 9.17) is 0 Å². The maximum absolute atomic E-state index is 9.29. The van der Waals surface area contributed by atoms with Gasteiger partial charge in [-0.3, -0.25) is 4.99 Å². The zero-order valence-corrected chi connectivity index (χ0v) is 9.86. The van der Waals surface area contributed by atoms with Gasteiger partial charge in [-0.15, -0.1) is 0 Å². The Hall–Kier alpha value is -0.570. The van der Waals surface area contributed by atoms with E-state index in [1.165, 1.54) is 32.1 Å². The highest BCUT2D eigenvalue weighted by Gasteiger charge is 2.16. The number of nitrogens with zero attached hydrogens (tertiary/aromatic N) is 2. The van der Waals surface area contributed by atoms with E-state index in [-0.39, 0.29) is 6.61 Å². The van der Waals surface area contributed by atoms with Crippen LogP contribution in [0.25, 0.3) is 0 Å². The van der Waals surface area contributed by atoms with Crippen LogP contribution in [0.4, 0.5) is 0 Å². The van der Waals surface area contributed by atoms with Crippen LogP contribution in [-0.2, 0) is 0 Å². The van der Waals surface area contributed by atoms with Gasteiger partial charge in [-0.2, -0.15) is 0 Å². The van der Waals surface area contributed by atoms with Gasteiger partial charge in [0.1, 0.15) is 0 Å². The minimum atomic E-state index is 0.264. The average molecular weight is 212 g/mol. The van der Waals surface area contributed by atoms with Crippen molar-refractivity contribution in [2.45, 2.75) is 51.5 Å². The number of hydrogen-bond donors (Lipinski definition) is 1. The Kier molecular flexibility index (Phi) is 6.41. The molecule has 0 aromatic carbocycles. The molecule has 0 saturated carbocycles. The Morgan fingerprint density at radius 3 is 2.73 bits per heavy atom. The van der Waals surface area contributed by atoms with E-state index < -0.39 is 0 Å². The minimum Gasteiger partial charge on any atom is -0.394 e. The predicted molar refractivity (Wildman–Crippen MR) is 64.3 cm³/mol. The molecule has 1 atom stereocenters. The van der Waals surface area contributed by atoms with Crippen LogP contribution in [0.1, 0.15) is 45.4 Å². The van der Waals surface area contributed by atoms with Crippen LogP contribution in [0.15, 0.2) is 4.99 Å². The van der Waals surface area contributed by atoms with Crippen molar-refractivity contribution in [2.24, 2.45) is 4.99 Å². The topological polar surface area (TPSA) is 35.8 Å². The summed E-state index contributed by atoms with van der Waals surface area (Å²) in [6, 6.07) is 0.304. The van der Waals surface area contributed by atoms with Crippen molar-refractivity contribution in [1.82, 2.24) is 4.90 Å². The zero-order valence-electron chi connectivity index (χ0n) is 9.86. The van der Waals surface area contributed by atoms with Gasteiger partial charge in [-0.1, -0.05) is 39.0 Å². The molecule has 1 unspecified atom stereocenters. The van der Waals surface area contributed by atoms with Crippen molar-refractivity contribution < 1.29 is 5.11 Å². The van der Waals surface area contributed by atoms with Crippen molar-refractivity contribution >= 4 is 6.34 Å². The second kappa shape index (κ2) is 7.69. The number of rotatable bonds is 8. The number of aliphatic imine (C=N–C) groups is 1. The van der Waals surface area contributed by atoms with Crippen LogP contribution in [0.2, 0.25) is 0 Å². The first-order valence-electron chi connectivity index (χ1n) is 6.25. The Morgan fingerprint density at radius 2 is 2.13 bits per heavy atom. The normalized spacial score (nSPS) is 17.3. The van der Waals surface area contributed by atoms with Gasteiger partial charge in [0.15, 0.2) is 0 Å². The van der Waals surface area contributed by atoms with Gasteiger partial charge in [0.2, 0.25) is 0 Å². The molecule has 1 aliphatic heterocycles. The first-order valence-corrected chi connectivity index (χ1v) is 6.25. The Bertz CT molecular complexity index is 182. The number of aliphatic hydroxyl groups excluding tert-OH is 1. The monoisotopic (exact) mass is 212 g/mol. The maximum atomic E-state index is 9.29. The standard InChI is InChI=1S/C12H24N2O/c1-2-3-4-5-6-7-12(10-15)14-9-8-13-11-14/h11-12,15H,2-10H2,1H3. The summed E-state index contributed by atoms with van der Waals surface area (Å²) in [6.45, 7) is 4.38. The van der Waals surface area contributed by atoms with Gasteiger partial charge < -0.3 is 10.0 Å². The third-order valence-corrected chi connectivity index (χ3v) is 3.04. The molecule has 1 heterocycles. The Labute approximate surface area is 93.2 Å². The fourth-order valence-electron chi connectivity index (χ4n) is 2.02. The second-order valence-corrected chi connectivity index (χ2v) is 4.30. The lowest BCUT2D eigenvalue weighted by Crippen LogP contribution is -2.35. The fourth-order valence-corrected chi connectivity index (χ4v) is 2.02. The smallest absolute Gasteiger partial charge is 0.0854 e. The minimum absolute atomic E-state index is 0.264. The van der Waals surface area contributed by atoms with Gasteiger partial charge in [0.05, 0.1) is 25.5 Å². The van der Waals surface area contributed by atoms with Crippen molar-refractivity contribution in [1.29, 1.82) is 0 Å². The van der Waals surface area contributed by atoms with Crippen LogP contribution >= 0.6 is 0 Å². The van der Waals surface area contributed by atoms with E-state index in [9.17, 15) is 5.11 Å². The van der Waals surface area contributed by atoms with Crippen molar-refractivity contribution in [3.63, 3.8) is 0 Å². The largest absolute Gasteiger partial charge is 0.394 e. The summed E-state index contributed by atoms with van der Waals surface area (Å²) in [5.74, 6) is 0. The van der Waals surface area contributed by atoms with E-state index in [1.807, 2.05) is 6.34 Å². The third-order valence-electron chi connectivity index (χ3n) is 3.04. The summed E-state index contributed by atoms with van der Waals surface area (Å²) in [5.41, 5.74) is 0.